The van der Waals surface area contributed by atoms with E-state index in [4.69, 9.17) is 9.84 Å². The lowest BCUT2D eigenvalue weighted by Crippen LogP contribution is -2.05. The molecule has 0 aliphatic carbocycles. The second-order valence-electron chi connectivity index (χ2n) is 4.16. The first-order valence-corrected chi connectivity index (χ1v) is 5.46. The summed E-state index contributed by atoms with van der Waals surface area (Å²) >= 11 is 0. The van der Waals surface area contributed by atoms with Crippen molar-refractivity contribution >= 4 is 0 Å². The van der Waals surface area contributed by atoms with Gasteiger partial charge in [-0.2, -0.15) is 0 Å². The maximum atomic E-state index is 8.69. The molecule has 0 saturated heterocycles. The molecule has 0 bridgehead atoms. The van der Waals surface area contributed by atoms with E-state index in [0.717, 1.165) is 16.9 Å². The standard InChI is InChI=1S/C14H18O2/c1-11(2)10-16-14-7-6-12(3)9-13(14)5-4-8-15/h6-7,9,11,15H,8,10H2,1-3H3. The van der Waals surface area contributed by atoms with Crippen LogP contribution in [0, 0.1) is 24.7 Å². The smallest absolute Gasteiger partial charge is 0.134 e. The minimum atomic E-state index is -0.127. The maximum absolute atomic E-state index is 8.69. The van der Waals surface area contributed by atoms with E-state index in [0.29, 0.717) is 12.5 Å². The molecule has 1 N–H and O–H groups in total. The van der Waals surface area contributed by atoms with Crippen LogP contribution in [-0.2, 0) is 0 Å². The molecule has 0 unspecified atom stereocenters. The Morgan fingerprint density at radius 3 is 2.75 bits per heavy atom. The highest BCUT2D eigenvalue weighted by Gasteiger charge is 2.02. The number of aliphatic hydroxyl groups excluding tert-OH is 1. The van der Waals surface area contributed by atoms with Gasteiger partial charge in [0.05, 0.1) is 12.2 Å². The lowest BCUT2D eigenvalue weighted by Gasteiger charge is -2.10. The zero-order chi connectivity index (χ0) is 12.0. The lowest BCUT2D eigenvalue weighted by molar-refractivity contribution is 0.270. The number of aryl methyl sites for hydroxylation is 1. The average molecular weight is 218 g/mol. The van der Waals surface area contributed by atoms with Crippen LogP contribution in [0.4, 0.5) is 0 Å². The third kappa shape index (κ3) is 3.96. The van der Waals surface area contributed by atoms with Gasteiger partial charge in [-0.1, -0.05) is 31.8 Å². The minimum Gasteiger partial charge on any atom is -0.492 e. The van der Waals surface area contributed by atoms with Crippen molar-refractivity contribution in [2.45, 2.75) is 20.8 Å². The number of ether oxygens (including phenoxy) is 1. The number of hydrogen-bond donors (Lipinski definition) is 1. The highest BCUT2D eigenvalue weighted by molar-refractivity contribution is 5.48. The molecule has 1 rings (SSSR count). The molecule has 0 amide bonds. The van der Waals surface area contributed by atoms with Crippen molar-refractivity contribution in [1.82, 2.24) is 0 Å². The molecule has 0 aliphatic heterocycles. The summed E-state index contributed by atoms with van der Waals surface area (Å²) in [6.07, 6.45) is 0. The van der Waals surface area contributed by atoms with E-state index in [9.17, 15) is 0 Å². The van der Waals surface area contributed by atoms with Gasteiger partial charge in [-0.3, -0.25) is 0 Å². The Labute approximate surface area is 97.3 Å². The fourth-order valence-corrected chi connectivity index (χ4v) is 1.26. The summed E-state index contributed by atoms with van der Waals surface area (Å²) in [7, 11) is 0. The molecule has 0 radical (unpaired) electrons. The summed E-state index contributed by atoms with van der Waals surface area (Å²) in [5, 5.41) is 8.69. The van der Waals surface area contributed by atoms with Crippen LogP contribution in [0.2, 0.25) is 0 Å². The summed E-state index contributed by atoms with van der Waals surface area (Å²) in [5.41, 5.74) is 1.98. The number of benzene rings is 1. The van der Waals surface area contributed by atoms with Gasteiger partial charge in [0.1, 0.15) is 12.4 Å². The van der Waals surface area contributed by atoms with E-state index >= 15 is 0 Å². The number of aliphatic hydroxyl groups is 1. The van der Waals surface area contributed by atoms with Gasteiger partial charge in [0.15, 0.2) is 0 Å². The highest BCUT2D eigenvalue weighted by atomic mass is 16.5. The van der Waals surface area contributed by atoms with Gasteiger partial charge >= 0.3 is 0 Å². The van der Waals surface area contributed by atoms with Gasteiger partial charge in [-0.15, -0.1) is 0 Å². The van der Waals surface area contributed by atoms with Crippen molar-refractivity contribution in [3.8, 4) is 17.6 Å². The number of rotatable bonds is 3. The summed E-state index contributed by atoms with van der Waals surface area (Å²) in [6, 6.07) is 5.90. The van der Waals surface area contributed by atoms with Crippen LogP contribution in [0.1, 0.15) is 25.0 Å². The van der Waals surface area contributed by atoms with Gasteiger partial charge < -0.3 is 9.84 Å². The van der Waals surface area contributed by atoms with Crippen LogP contribution in [0.15, 0.2) is 18.2 Å². The second kappa shape index (κ2) is 6.19. The van der Waals surface area contributed by atoms with Crippen molar-refractivity contribution in [2.75, 3.05) is 13.2 Å². The molecule has 0 aliphatic rings. The van der Waals surface area contributed by atoms with Crippen LogP contribution in [0.3, 0.4) is 0 Å². The molecule has 2 nitrogen and oxygen atoms in total. The Hall–Kier alpha value is -1.46. The Morgan fingerprint density at radius 1 is 1.38 bits per heavy atom. The molecule has 0 heterocycles. The molecular formula is C14H18O2. The third-order valence-corrected chi connectivity index (χ3v) is 2.01. The monoisotopic (exact) mass is 218 g/mol. The van der Waals surface area contributed by atoms with Crippen molar-refractivity contribution in [1.29, 1.82) is 0 Å². The van der Waals surface area contributed by atoms with E-state index in [1.54, 1.807) is 0 Å². The van der Waals surface area contributed by atoms with Crippen LogP contribution in [0.5, 0.6) is 5.75 Å². The Kier molecular flexibility index (Phi) is 4.88. The van der Waals surface area contributed by atoms with Gasteiger partial charge in [0.2, 0.25) is 0 Å². The van der Waals surface area contributed by atoms with Gasteiger partial charge in [0, 0.05) is 0 Å². The summed E-state index contributed by atoms with van der Waals surface area (Å²) in [5.74, 6) is 6.83. The first kappa shape index (κ1) is 12.6. The third-order valence-electron chi connectivity index (χ3n) is 2.01. The summed E-state index contributed by atoms with van der Waals surface area (Å²) in [4.78, 5) is 0. The Morgan fingerprint density at radius 2 is 2.12 bits per heavy atom. The molecule has 0 saturated carbocycles. The van der Waals surface area contributed by atoms with Crippen LogP contribution in [0.25, 0.3) is 0 Å². The van der Waals surface area contributed by atoms with Crippen LogP contribution in [-0.4, -0.2) is 18.3 Å². The first-order chi connectivity index (χ1) is 7.63. The van der Waals surface area contributed by atoms with Gasteiger partial charge in [0.25, 0.3) is 0 Å². The quantitative estimate of drug-likeness (QED) is 0.789. The van der Waals surface area contributed by atoms with E-state index < -0.39 is 0 Å². The molecule has 86 valence electrons. The Balaban J connectivity index is 2.89. The average Bonchev–Trinajstić information content (AvgIpc) is 2.24. The topological polar surface area (TPSA) is 29.5 Å². The predicted octanol–water partition coefficient (Wildman–Crippen LogP) is 2.37. The normalized spacial score (nSPS) is 9.81. The SMILES string of the molecule is Cc1ccc(OCC(C)C)c(C#CCO)c1. The molecule has 0 aromatic heterocycles. The zero-order valence-electron chi connectivity index (χ0n) is 10.1. The van der Waals surface area contributed by atoms with E-state index in [2.05, 4.69) is 25.7 Å². The molecule has 0 atom stereocenters. The van der Waals surface area contributed by atoms with E-state index in [1.807, 2.05) is 25.1 Å². The van der Waals surface area contributed by atoms with E-state index in [1.165, 1.54) is 0 Å². The molecule has 0 spiro atoms. The van der Waals surface area contributed by atoms with Crippen LogP contribution >= 0.6 is 0 Å². The molecule has 1 aromatic rings. The van der Waals surface area contributed by atoms with Gasteiger partial charge in [-0.05, 0) is 30.5 Å². The predicted molar refractivity (Wildman–Crippen MR) is 65.5 cm³/mol. The molecule has 2 heteroatoms. The lowest BCUT2D eigenvalue weighted by atomic mass is 10.1. The van der Waals surface area contributed by atoms with Crippen molar-refractivity contribution < 1.29 is 9.84 Å². The zero-order valence-corrected chi connectivity index (χ0v) is 10.1. The van der Waals surface area contributed by atoms with Gasteiger partial charge in [-0.25, -0.2) is 0 Å². The minimum absolute atomic E-state index is 0.127. The highest BCUT2D eigenvalue weighted by Crippen LogP contribution is 2.19. The fraction of sp³-hybridized carbons (Fsp3) is 0.429. The second-order valence-corrected chi connectivity index (χ2v) is 4.16. The van der Waals surface area contributed by atoms with E-state index in [-0.39, 0.29) is 6.61 Å². The molecular weight excluding hydrogens is 200 g/mol. The van der Waals surface area contributed by atoms with Crippen molar-refractivity contribution in [2.24, 2.45) is 5.92 Å². The van der Waals surface area contributed by atoms with Crippen molar-refractivity contribution in [3.05, 3.63) is 29.3 Å². The fourth-order valence-electron chi connectivity index (χ4n) is 1.26. The molecule has 16 heavy (non-hydrogen) atoms. The summed E-state index contributed by atoms with van der Waals surface area (Å²) < 4.78 is 5.67. The van der Waals surface area contributed by atoms with Crippen LogP contribution < -0.4 is 4.74 Å². The molecule has 0 fully saturated rings. The largest absolute Gasteiger partial charge is 0.492 e. The van der Waals surface area contributed by atoms with Crippen molar-refractivity contribution in [3.63, 3.8) is 0 Å². The molecule has 1 aromatic carbocycles. The Bertz CT molecular complexity index is 397. The summed E-state index contributed by atoms with van der Waals surface area (Å²) in [6.45, 7) is 6.77. The number of hydrogen-bond acceptors (Lipinski definition) is 2. The maximum Gasteiger partial charge on any atom is 0.134 e. The first-order valence-electron chi connectivity index (χ1n) is 5.46.